The Kier molecular flexibility index (Phi) is 9.05. The number of alkyl halides is 1. The molecule has 0 heterocycles. The minimum atomic E-state index is 0. The fourth-order valence-electron chi connectivity index (χ4n) is 0.668. The van der Waals surface area contributed by atoms with Crippen LogP contribution < -0.4 is 5.73 Å². The minimum Gasteiger partial charge on any atom is -0.327 e. The third-order valence-corrected chi connectivity index (χ3v) is 1.37. The first-order valence-corrected chi connectivity index (χ1v) is 3.51. The van der Waals surface area contributed by atoms with Gasteiger partial charge in [-0.05, 0) is 12.3 Å². The van der Waals surface area contributed by atoms with E-state index < -0.39 is 0 Å². The van der Waals surface area contributed by atoms with Crippen molar-refractivity contribution in [2.24, 2.45) is 11.7 Å². The van der Waals surface area contributed by atoms with Gasteiger partial charge in [0, 0.05) is 11.9 Å². The highest BCUT2D eigenvalue weighted by atomic mass is 35.5. The number of hydrogen-bond acceptors (Lipinski definition) is 1. The molecule has 2 N–H and O–H groups in total. The zero-order valence-corrected chi connectivity index (χ0v) is 7.50. The Labute approximate surface area is 68.4 Å². The fraction of sp³-hybridized carbons (Fsp3) is 1.00. The lowest BCUT2D eigenvalue weighted by atomic mass is 10.1. The Morgan fingerprint density at radius 2 is 1.89 bits per heavy atom. The first kappa shape index (κ1) is 12.2. The molecule has 0 aromatic rings. The van der Waals surface area contributed by atoms with Gasteiger partial charge in [0.25, 0.3) is 0 Å². The third-order valence-electron chi connectivity index (χ3n) is 0.972. The highest BCUT2D eigenvalue weighted by Gasteiger charge is 2.01. The molecular weight excluding hydrogens is 157 g/mol. The van der Waals surface area contributed by atoms with Gasteiger partial charge < -0.3 is 5.73 Å². The van der Waals surface area contributed by atoms with E-state index in [1.807, 2.05) is 0 Å². The van der Waals surface area contributed by atoms with E-state index in [1.165, 1.54) is 0 Å². The molecule has 0 aliphatic carbocycles. The topological polar surface area (TPSA) is 26.0 Å². The van der Waals surface area contributed by atoms with E-state index in [0.717, 1.165) is 6.42 Å². The SMILES string of the molecule is CC(C)C[C@@H](N)CCl.Cl. The highest BCUT2D eigenvalue weighted by Crippen LogP contribution is 2.02. The van der Waals surface area contributed by atoms with E-state index in [9.17, 15) is 0 Å². The second-order valence-electron chi connectivity index (χ2n) is 2.54. The molecule has 0 saturated heterocycles. The maximum atomic E-state index is 5.54. The number of nitrogens with two attached hydrogens (primary N) is 1. The van der Waals surface area contributed by atoms with Gasteiger partial charge >= 0.3 is 0 Å². The predicted molar refractivity (Wildman–Crippen MR) is 45.4 cm³/mol. The summed E-state index contributed by atoms with van der Waals surface area (Å²) in [6, 6.07) is 0.191. The van der Waals surface area contributed by atoms with Crippen LogP contribution in [-0.2, 0) is 0 Å². The van der Waals surface area contributed by atoms with Gasteiger partial charge in [-0.15, -0.1) is 24.0 Å². The quantitative estimate of drug-likeness (QED) is 0.647. The molecule has 0 saturated carbocycles. The Balaban J connectivity index is 0. The zero-order chi connectivity index (χ0) is 6.57. The molecule has 0 aromatic carbocycles. The predicted octanol–water partition coefficient (Wildman–Crippen LogP) is 2.02. The molecule has 0 rings (SSSR count). The van der Waals surface area contributed by atoms with Crippen LogP contribution in [-0.4, -0.2) is 11.9 Å². The summed E-state index contributed by atoms with van der Waals surface area (Å²) in [5, 5.41) is 0. The van der Waals surface area contributed by atoms with Crippen molar-refractivity contribution >= 4 is 24.0 Å². The zero-order valence-electron chi connectivity index (χ0n) is 5.93. The second-order valence-corrected chi connectivity index (χ2v) is 2.85. The van der Waals surface area contributed by atoms with E-state index in [-0.39, 0.29) is 18.4 Å². The van der Waals surface area contributed by atoms with Gasteiger partial charge in [0.2, 0.25) is 0 Å². The van der Waals surface area contributed by atoms with Crippen molar-refractivity contribution < 1.29 is 0 Å². The summed E-state index contributed by atoms with van der Waals surface area (Å²) in [4.78, 5) is 0. The maximum Gasteiger partial charge on any atom is 0.0375 e. The van der Waals surface area contributed by atoms with Gasteiger partial charge in [0.15, 0.2) is 0 Å². The summed E-state index contributed by atoms with van der Waals surface area (Å²) >= 11 is 5.47. The number of halogens is 2. The maximum absolute atomic E-state index is 5.54. The first-order chi connectivity index (χ1) is 3.66. The molecule has 0 unspecified atom stereocenters. The summed E-state index contributed by atoms with van der Waals surface area (Å²) in [5.41, 5.74) is 5.54. The molecule has 0 radical (unpaired) electrons. The molecule has 1 atom stereocenters. The average Bonchev–Trinajstić information content (AvgIpc) is 1.65. The average molecular weight is 172 g/mol. The molecular formula is C6H15Cl2N. The van der Waals surface area contributed by atoms with E-state index in [4.69, 9.17) is 17.3 Å². The monoisotopic (exact) mass is 171 g/mol. The Bertz CT molecular complexity index is 57.0. The van der Waals surface area contributed by atoms with Crippen LogP contribution in [0.4, 0.5) is 0 Å². The summed E-state index contributed by atoms with van der Waals surface area (Å²) in [7, 11) is 0. The lowest BCUT2D eigenvalue weighted by Crippen LogP contribution is -2.23. The van der Waals surface area contributed by atoms with Gasteiger partial charge in [-0.1, -0.05) is 13.8 Å². The largest absolute Gasteiger partial charge is 0.327 e. The number of hydrogen-bond donors (Lipinski definition) is 1. The van der Waals surface area contributed by atoms with Crippen LogP contribution >= 0.6 is 24.0 Å². The molecule has 0 fully saturated rings. The molecule has 0 aliphatic heterocycles. The molecule has 0 amide bonds. The van der Waals surface area contributed by atoms with Crippen molar-refractivity contribution in [1.29, 1.82) is 0 Å². The lowest BCUT2D eigenvalue weighted by Gasteiger charge is -2.08. The smallest absolute Gasteiger partial charge is 0.0375 e. The summed E-state index contributed by atoms with van der Waals surface area (Å²) in [5.74, 6) is 1.25. The normalized spacial score (nSPS) is 13.0. The Morgan fingerprint density at radius 1 is 1.44 bits per heavy atom. The molecule has 0 bridgehead atoms. The van der Waals surface area contributed by atoms with Crippen molar-refractivity contribution in [2.45, 2.75) is 26.3 Å². The van der Waals surface area contributed by atoms with Crippen molar-refractivity contribution in [1.82, 2.24) is 0 Å². The van der Waals surface area contributed by atoms with Gasteiger partial charge in [-0.2, -0.15) is 0 Å². The van der Waals surface area contributed by atoms with Crippen molar-refractivity contribution in [3.05, 3.63) is 0 Å². The van der Waals surface area contributed by atoms with E-state index in [1.54, 1.807) is 0 Å². The van der Waals surface area contributed by atoms with Gasteiger partial charge in [-0.25, -0.2) is 0 Å². The number of rotatable bonds is 3. The Hall–Kier alpha value is 0.540. The molecule has 0 aromatic heterocycles. The van der Waals surface area contributed by atoms with E-state index in [2.05, 4.69) is 13.8 Å². The van der Waals surface area contributed by atoms with Crippen LogP contribution in [0.5, 0.6) is 0 Å². The first-order valence-electron chi connectivity index (χ1n) is 2.98. The fourth-order valence-corrected chi connectivity index (χ4v) is 0.794. The van der Waals surface area contributed by atoms with Crippen LogP contribution in [0.3, 0.4) is 0 Å². The summed E-state index contributed by atoms with van der Waals surface area (Å²) in [6.07, 6.45) is 1.03. The summed E-state index contributed by atoms with van der Waals surface area (Å²) < 4.78 is 0. The van der Waals surface area contributed by atoms with E-state index in [0.29, 0.717) is 11.8 Å². The molecule has 0 aliphatic rings. The van der Waals surface area contributed by atoms with Crippen LogP contribution in [0.2, 0.25) is 0 Å². The molecule has 1 nitrogen and oxygen atoms in total. The highest BCUT2D eigenvalue weighted by molar-refractivity contribution is 6.18. The second kappa shape index (κ2) is 6.66. The van der Waals surface area contributed by atoms with Crippen LogP contribution in [0.1, 0.15) is 20.3 Å². The molecule has 3 heteroatoms. The van der Waals surface area contributed by atoms with E-state index >= 15 is 0 Å². The minimum absolute atomic E-state index is 0. The van der Waals surface area contributed by atoms with Gasteiger partial charge in [-0.3, -0.25) is 0 Å². The van der Waals surface area contributed by atoms with Crippen molar-refractivity contribution in [3.8, 4) is 0 Å². The molecule has 9 heavy (non-hydrogen) atoms. The molecule has 0 spiro atoms. The van der Waals surface area contributed by atoms with Crippen LogP contribution in [0.15, 0.2) is 0 Å². The molecule has 58 valence electrons. The third kappa shape index (κ3) is 8.54. The van der Waals surface area contributed by atoms with Gasteiger partial charge in [0.05, 0.1) is 0 Å². The Morgan fingerprint density at radius 3 is 2.00 bits per heavy atom. The standard InChI is InChI=1S/C6H14ClN.ClH/c1-5(2)3-6(8)4-7;/h5-6H,3-4,8H2,1-2H3;1H/t6-;/m1./s1. The van der Waals surface area contributed by atoms with Crippen LogP contribution in [0, 0.1) is 5.92 Å². The summed E-state index contributed by atoms with van der Waals surface area (Å²) in [6.45, 7) is 4.29. The van der Waals surface area contributed by atoms with Crippen molar-refractivity contribution in [2.75, 3.05) is 5.88 Å². The van der Waals surface area contributed by atoms with Crippen molar-refractivity contribution in [3.63, 3.8) is 0 Å². The van der Waals surface area contributed by atoms with Crippen LogP contribution in [0.25, 0.3) is 0 Å². The lowest BCUT2D eigenvalue weighted by molar-refractivity contribution is 0.523. The van der Waals surface area contributed by atoms with Gasteiger partial charge in [0.1, 0.15) is 0 Å².